The summed E-state index contributed by atoms with van der Waals surface area (Å²) >= 11 is 11.2. The first-order valence-corrected chi connectivity index (χ1v) is 6.86. The van der Waals surface area contributed by atoms with E-state index < -0.39 is 0 Å². The van der Waals surface area contributed by atoms with Gasteiger partial charge in [0.2, 0.25) is 0 Å². The Kier molecular flexibility index (Phi) is 4.82. The second-order valence-electron chi connectivity index (χ2n) is 4.24. The summed E-state index contributed by atoms with van der Waals surface area (Å²) in [6.07, 6.45) is 0. The number of para-hydroxylation sites is 2. The molecular weight excluding hydrogens is 292 g/mol. The van der Waals surface area contributed by atoms with Crippen molar-refractivity contribution in [3.05, 3.63) is 53.1 Å². The van der Waals surface area contributed by atoms with E-state index in [0.717, 1.165) is 22.7 Å². The molecule has 0 unspecified atom stereocenters. The molecule has 20 heavy (non-hydrogen) atoms. The molecule has 0 aliphatic carbocycles. The maximum atomic E-state index is 5.93. The Hall–Kier alpha value is -1.78. The maximum Gasteiger partial charge on any atom is 0.175 e. The van der Waals surface area contributed by atoms with E-state index in [2.05, 4.69) is 10.6 Å². The van der Waals surface area contributed by atoms with Gasteiger partial charge in [-0.2, -0.15) is 0 Å². The van der Waals surface area contributed by atoms with Crippen molar-refractivity contribution in [2.45, 2.75) is 6.92 Å². The Morgan fingerprint density at radius 2 is 1.80 bits per heavy atom. The molecule has 2 rings (SSSR count). The highest BCUT2D eigenvalue weighted by molar-refractivity contribution is 7.80. The van der Waals surface area contributed by atoms with Crippen molar-refractivity contribution in [1.82, 2.24) is 0 Å². The average molecular weight is 307 g/mol. The van der Waals surface area contributed by atoms with Crippen LogP contribution in [-0.4, -0.2) is 12.2 Å². The molecule has 0 bridgehead atoms. The Labute approximate surface area is 128 Å². The highest BCUT2D eigenvalue weighted by Gasteiger charge is 2.05. The van der Waals surface area contributed by atoms with E-state index >= 15 is 0 Å². The van der Waals surface area contributed by atoms with Gasteiger partial charge < -0.3 is 15.4 Å². The van der Waals surface area contributed by atoms with Crippen molar-refractivity contribution in [2.75, 3.05) is 17.7 Å². The van der Waals surface area contributed by atoms with Crippen molar-refractivity contribution in [1.29, 1.82) is 0 Å². The zero-order valence-corrected chi connectivity index (χ0v) is 12.8. The SMILES string of the molecule is COc1ccccc1NC(=S)Nc1ccc(Cl)cc1C. The minimum absolute atomic E-state index is 0.500. The summed E-state index contributed by atoms with van der Waals surface area (Å²) in [6, 6.07) is 13.2. The Balaban J connectivity index is 2.09. The zero-order chi connectivity index (χ0) is 14.5. The number of anilines is 2. The predicted molar refractivity (Wildman–Crippen MR) is 89.0 cm³/mol. The molecule has 0 fully saturated rings. The smallest absolute Gasteiger partial charge is 0.175 e. The van der Waals surface area contributed by atoms with E-state index in [9.17, 15) is 0 Å². The average Bonchev–Trinajstić information content (AvgIpc) is 2.42. The quantitative estimate of drug-likeness (QED) is 0.820. The van der Waals surface area contributed by atoms with Crippen LogP contribution in [0.5, 0.6) is 5.75 Å². The highest BCUT2D eigenvalue weighted by Crippen LogP contribution is 2.24. The summed E-state index contributed by atoms with van der Waals surface area (Å²) in [7, 11) is 1.63. The standard InChI is InChI=1S/C15H15ClN2OS/c1-10-9-11(16)7-8-12(10)17-15(20)18-13-5-3-4-6-14(13)19-2/h3-9H,1-2H3,(H2,17,18,20). The summed E-state index contributed by atoms with van der Waals surface area (Å²) in [5.41, 5.74) is 2.77. The second-order valence-corrected chi connectivity index (χ2v) is 5.08. The largest absolute Gasteiger partial charge is 0.495 e. The molecule has 2 N–H and O–H groups in total. The number of methoxy groups -OCH3 is 1. The first-order chi connectivity index (χ1) is 9.60. The van der Waals surface area contributed by atoms with E-state index in [1.807, 2.05) is 49.4 Å². The molecule has 5 heteroatoms. The van der Waals surface area contributed by atoms with Gasteiger partial charge in [0.15, 0.2) is 5.11 Å². The second kappa shape index (κ2) is 6.59. The van der Waals surface area contributed by atoms with Crippen LogP contribution in [0.25, 0.3) is 0 Å². The fraction of sp³-hybridized carbons (Fsp3) is 0.133. The van der Waals surface area contributed by atoms with Crippen molar-refractivity contribution in [2.24, 2.45) is 0 Å². The number of benzene rings is 2. The van der Waals surface area contributed by atoms with Crippen LogP contribution in [0.2, 0.25) is 5.02 Å². The van der Waals surface area contributed by atoms with Crippen LogP contribution in [0.3, 0.4) is 0 Å². The highest BCUT2D eigenvalue weighted by atomic mass is 35.5. The van der Waals surface area contributed by atoms with E-state index in [-0.39, 0.29) is 0 Å². The summed E-state index contributed by atoms with van der Waals surface area (Å²) in [5.74, 6) is 0.740. The van der Waals surface area contributed by atoms with Gasteiger partial charge in [0.1, 0.15) is 5.75 Å². The zero-order valence-electron chi connectivity index (χ0n) is 11.2. The topological polar surface area (TPSA) is 33.3 Å². The number of rotatable bonds is 3. The third kappa shape index (κ3) is 3.62. The molecule has 0 atom stereocenters. The van der Waals surface area contributed by atoms with Gasteiger partial charge in [-0.3, -0.25) is 0 Å². The van der Waals surface area contributed by atoms with Crippen molar-refractivity contribution in [3.63, 3.8) is 0 Å². The molecule has 104 valence electrons. The van der Waals surface area contributed by atoms with E-state index in [1.54, 1.807) is 7.11 Å². The van der Waals surface area contributed by atoms with Crippen molar-refractivity contribution in [3.8, 4) is 5.75 Å². The molecular formula is C15H15ClN2OS. The van der Waals surface area contributed by atoms with Gasteiger partial charge in [-0.15, -0.1) is 0 Å². The van der Waals surface area contributed by atoms with E-state index in [4.69, 9.17) is 28.6 Å². The van der Waals surface area contributed by atoms with Crippen LogP contribution in [-0.2, 0) is 0 Å². The van der Waals surface area contributed by atoms with Gasteiger partial charge in [-0.1, -0.05) is 23.7 Å². The molecule has 0 radical (unpaired) electrons. The number of halogens is 1. The fourth-order valence-electron chi connectivity index (χ4n) is 1.79. The van der Waals surface area contributed by atoms with Crippen molar-refractivity contribution < 1.29 is 4.74 Å². The molecule has 0 heterocycles. The molecule has 0 saturated carbocycles. The lowest BCUT2D eigenvalue weighted by molar-refractivity contribution is 0.417. The summed E-state index contributed by atoms with van der Waals surface area (Å²) in [4.78, 5) is 0. The normalized spacial score (nSPS) is 9.95. The number of hydrogen-bond donors (Lipinski definition) is 2. The van der Waals surface area contributed by atoms with Gasteiger partial charge in [0.25, 0.3) is 0 Å². The molecule has 2 aromatic carbocycles. The minimum atomic E-state index is 0.500. The fourth-order valence-corrected chi connectivity index (χ4v) is 2.24. The predicted octanol–water partition coefficient (Wildman–Crippen LogP) is 4.47. The Bertz CT molecular complexity index is 631. The van der Waals surface area contributed by atoms with Crippen LogP contribution >= 0.6 is 23.8 Å². The van der Waals surface area contributed by atoms with E-state index in [0.29, 0.717) is 10.1 Å². The molecule has 3 nitrogen and oxygen atoms in total. The number of thiocarbonyl (C=S) groups is 1. The molecule has 0 saturated heterocycles. The van der Waals surface area contributed by atoms with Gasteiger partial charge in [0, 0.05) is 10.7 Å². The lowest BCUT2D eigenvalue weighted by Gasteiger charge is -2.14. The lowest BCUT2D eigenvalue weighted by Crippen LogP contribution is -2.20. The van der Waals surface area contributed by atoms with Crippen LogP contribution in [0, 0.1) is 6.92 Å². The third-order valence-corrected chi connectivity index (χ3v) is 3.23. The Morgan fingerprint density at radius 1 is 1.10 bits per heavy atom. The van der Waals surface area contributed by atoms with Crippen LogP contribution in [0.1, 0.15) is 5.56 Å². The molecule has 2 aromatic rings. The first kappa shape index (κ1) is 14.6. The first-order valence-electron chi connectivity index (χ1n) is 6.07. The molecule has 0 amide bonds. The number of hydrogen-bond acceptors (Lipinski definition) is 2. The number of aryl methyl sites for hydroxylation is 1. The molecule has 0 aliphatic heterocycles. The van der Waals surface area contributed by atoms with Gasteiger partial charge >= 0.3 is 0 Å². The molecule has 0 spiro atoms. The van der Waals surface area contributed by atoms with Crippen LogP contribution < -0.4 is 15.4 Å². The number of nitrogens with one attached hydrogen (secondary N) is 2. The molecule has 0 aliphatic rings. The van der Waals surface area contributed by atoms with Gasteiger partial charge in [-0.05, 0) is 55.0 Å². The monoisotopic (exact) mass is 306 g/mol. The summed E-state index contributed by atoms with van der Waals surface area (Å²) in [6.45, 7) is 1.97. The van der Waals surface area contributed by atoms with Crippen LogP contribution in [0.15, 0.2) is 42.5 Å². The van der Waals surface area contributed by atoms with E-state index in [1.165, 1.54) is 0 Å². The maximum absolute atomic E-state index is 5.93. The summed E-state index contributed by atoms with van der Waals surface area (Å²) in [5, 5.41) is 7.46. The lowest BCUT2D eigenvalue weighted by atomic mass is 10.2. The molecule has 0 aromatic heterocycles. The Morgan fingerprint density at radius 3 is 2.50 bits per heavy atom. The van der Waals surface area contributed by atoms with Crippen LogP contribution in [0.4, 0.5) is 11.4 Å². The number of ether oxygens (including phenoxy) is 1. The summed E-state index contributed by atoms with van der Waals surface area (Å²) < 4.78 is 5.27. The van der Waals surface area contributed by atoms with Gasteiger partial charge in [-0.25, -0.2) is 0 Å². The van der Waals surface area contributed by atoms with Crippen molar-refractivity contribution >= 4 is 40.3 Å². The van der Waals surface area contributed by atoms with Gasteiger partial charge in [0.05, 0.1) is 12.8 Å². The minimum Gasteiger partial charge on any atom is -0.495 e. The third-order valence-electron chi connectivity index (χ3n) is 2.79.